The Hall–Kier alpha value is -3.83. The molecular weight excluding hydrogens is 426 g/mol. The Morgan fingerprint density at radius 1 is 1.03 bits per heavy atom. The van der Waals surface area contributed by atoms with Gasteiger partial charge in [-0.3, -0.25) is 9.59 Å². The molecule has 1 heterocycles. The summed E-state index contributed by atoms with van der Waals surface area (Å²) in [5.41, 5.74) is 3.16. The van der Waals surface area contributed by atoms with Crippen molar-refractivity contribution < 1.29 is 18.7 Å². The molecule has 0 saturated heterocycles. The molecule has 5 nitrogen and oxygen atoms in total. The van der Waals surface area contributed by atoms with Gasteiger partial charge in [0.2, 0.25) is 11.7 Å². The van der Waals surface area contributed by atoms with Crippen LogP contribution in [-0.2, 0) is 4.79 Å². The Bertz CT molecular complexity index is 1340. The third-order valence-corrected chi connectivity index (χ3v) is 5.26. The second-order valence-corrected chi connectivity index (χ2v) is 7.62. The summed E-state index contributed by atoms with van der Waals surface area (Å²) in [6.07, 6.45) is 3.13. The molecule has 1 aromatic heterocycles. The van der Waals surface area contributed by atoms with Gasteiger partial charge in [-0.2, -0.15) is 0 Å². The van der Waals surface area contributed by atoms with Crippen LogP contribution in [0.3, 0.4) is 0 Å². The van der Waals surface area contributed by atoms with Gasteiger partial charge in [-0.25, -0.2) is 0 Å². The summed E-state index contributed by atoms with van der Waals surface area (Å²) in [5, 5.41) is 3.74. The van der Waals surface area contributed by atoms with Gasteiger partial charge in [-0.05, 0) is 48.9 Å². The Morgan fingerprint density at radius 3 is 2.50 bits per heavy atom. The zero-order valence-corrected chi connectivity index (χ0v) is 18.3. The summed E-state index contributed by atoms with van der Waals surface area (Å²) in [5.74, 6) is -0.283. The highest BCUT2D eigenvalue weighted by atomic mass is 35.5. The number of furan rings is 1. The lowest BCUT2D eigenvalue weighted by atomic mass is 10.1. The van der Waals surface area contributed by atoms with E-state index in [1.807, 2.05) is 37.3 Å². The first-order valence-corrected chi connectivity index (χ1v) is 10.3. The first-order valence-electron chi connectivity index (χ1n) is 9.92. The van der Waals surface area contributed by atoms with E-state index in [-0.39, 0.29) is 11.7 Å². The predicted octanol–water partition coefficient (Wildman–Crippen LogP) is 6.29. The summed E-state index contributed by atoms with van der Waals surface area (Å²) in [6.45, 7) is 2.00. The van der Waals surface area contributed by atoms with Crippen molar-refractivity contribution in [2.24, 2.45) is 0 Å². The van der Waals surface area contributed by atoms with Gasteiger partial charge in [-0.1, -0.05) is 53.6 Å². The molecule has 0 unspecified atom stereocenters. The number of methoxy groups -OCH3 is 1. The lowest BCUT2D eigenvalue weighted by Crippen LogP contribution is -2.11. The molecular formula is C26H20ClNO4. The molecule has 1 amide bonds. The van der Waals surface area contributed by atoms with E-state index in [9.17, 15) is 9.59 Å². The second kappa shape index (κ2) is 9.12. The Morgan fingerprint density at radius 2 is 1.78 bits per heavy atom. The number of halogens is 1. The van der Waals surface area contributed by atoms with Gasteiger partial charge in [-0.15, -0.1) is 0 Å². The van der Waals surface area contributed by atoms with Crippen molar-refractivity contribution in [3.05, 3.63) is 100 Å². The number of para-hydroxylation sites is 1. The minimum atomic E-state index is -0.399. The van der Waals surface area contributed by atoms with Gasteiger partial charge in [0.05, 0.1) is 17.8 Å². The zero-order valence-electron chi connectivity index (χ0n) is 17.5. The summed E-state index contributed by atoms with van der Waals surface area (Å²) < 4.78 is 11.0. The van der Waals surface area contributed by atoms with Crippen molar-refractivity contribution in [3.63, 3.8) is 0 Å². The average molecular weight is 446 g/mol. The summed E-state index contributed by atoms with van der Waals surface area (Å²) in [7, 11) is 1.50. The highest BCUT2D eigenvalue weighted by Gasteiger charge is 2.23. The van der Waals surface area contributed by atoms with Crippen LogP contribution in [0.15, 0.2) is 77.2 Å². The minimum Gasteiger partial charge on any atom is -0.495 e. The SMILES string of the molecule is COc1ccc(C(=O)c2oc3ccccc3c2NC(=O)/C=C/c2ccc(C)cc2)cc1Cl. The van der Waals surface area contributed by atoms with E-state index in [2.05, 4.69) is 5.32 Å². The number of carbonyl (C=O) groups is 2. The normalized spacial score (nSPS) is 11.1. The number of carbonyl (C=O) groups excluding carboxylic acids is 2. The largest absolute Gasteiger partial charge is 0.495 e. The van der Waals surface area contributed by atoms with Gasteiger partial charge in [0.1, 0.15) is 11.3 Å². The van der Waals surface area contributed by atoms with Crippen LogP contribution in [-0.4, -0.2) is 18.8 Å². The fraction of sp³-hybridized carbons (Fsp3) is 0.0769. The number of ketones is 1. The number of benzene rings is 3. The molecule has 4 rings (SSSR count). The van der Waals surface area contributed by atoms with E-state index < -0.39 is 5.78 Å². The molecule has 32 heavy (non-hydrogen) atoms. The number of amides is 1. The van der Waals surface area contributed by atoms with Crippen molar-refractivity contribution in [3.8, 4) is 5.75 Å². The molecule has 0 spiro atoms. The van der Waals surface area contributed by atoms with Crippen molar-refractivity contribution in [2.75, 3.05) is 12.4 Å². The fourth-order valence-electron chi connectivity index (χ4n) is 3.28. The van der Waals surface area contributed by atoms with Crippen molar-refractivity contribution in [2.45, 2.75) is 6.92 Å². The van der Waals surface area contributed by atoms with Crippen LogP contribution in [0, 0.1) is 6.92 Å². The molecule has 1 N–H and O–H groups in total. The number of aryl methyl sites for hydroxylation is 1. The number of anilines is 1. The lowest BCUT2D eigenvalue weighted by molar-refractivity contribution is -0.111. The molecule has 4 aromatic rings. The highest BCUT2D eigenvalue weighted by Crippen LogP contribution is 2.34. The van der Waals surface area contributed by atoms with Crippen molar-refractivity contribution in [1.29, 1.82) is 0 Å². The lowest BCUT2D eigenvalue weighted by Gasteiger charge is -2.06. The second-order valence-electron chi connectivity index (χ2n) is 7.21. The van der Waals surface area contributed by atoms with E-state index in [1.54, 1.807) is 36.4 Å². The minimum absolute atomic E-state index is 0.0320. The van der Waals surface area contributed by atoms with Crippen LogP contribution in [0.5, 0.6) is 5.75 Å². The third kappa shape index (κ3) is 4.43. The highest BCUT2D eigenvalue weighted by molar-refractivity contribution is 6.32. The summed E-state index contributed by atoms with van der Waals surface area (Å²) >= 11 is 6.19. The average Bonchev–Trinajstić information content (AvgIpc) is 3.16. The van der Waals surface area contributed by atoms with Crippen LogP contribution < -0.4 is 10.1 Å². The monoisotopic (exact) mass is 445 g/mol. The van der Waals surface area contributed by atoms with E-state index in [1.165, 1.54) is 19.3 Å². The summed E-state index contributed by atoms with van der Waals surface area (Å²) in [6, 6.07) is 19.7. The summed E-state index contributed by atoms with van der Waals surface area (Å²) in [4.78, 5) is 25.9. The molecule has 0 bridgehead atoms. The standard InChI is InChI=1S/C26H20ClNO4/c1-16-7-9-17(10-8-16)11-14-23(29)28-24-19-5-3-4-6-21(19)32-26(24)25(30)18-12-13-22(31-2)20(27)15-18/h3-15H,1-2H3,(H,28,29)/b14-11+. The number of fused-ring (bicyclic) bond motifs is 1. The zero-order chi connectivity index (χ0) is 22.7. The molecule has 0 aliphatic rings. The van der Waals surface area contributed by atoms with E-state index >= 15 is 0 Å². The Balaban J connectivity index is 1.67. The van der Waals surface area contributed by atoms with Crippen LogP contribution in [0.25, 0.3) is 17.0 Å². The smallest absolute Gasteiger partial charge is 0.248 e. The van der Waals surface area contributed by atoms with Crippen molar-refractivity contribution >= 4 is 46.0 Å². The molecule has 0 aliphatic carbocycles. The number of rotatable bonds is 6. The molecule has 0 atom stereocenters. The van der Waals surface area contributed by atoms with E-state index in [0.29, 0.717) is 33.0 Å². The maximum absolute atomic E-state index is 13.2. The van der Waals surface area contributed by atoms with Gasteiger partial charge in [0.25, 0.3) is 0 Å². The van der Waals surface area contributed by atoms with Gasteiger partial charge >= 0.3 is 0 Å². The van der Waals surface area contributed by atoms with Gasteiger partial charge in [0, 0.05) is 17.0 Å². The van der Waals surface area contributed by atoms with Crippen LogP contribution in [0.1, 0.15) is 27.2 Å². The van der Waals surface area contributed by atoms with E-state index in [4.69, 9.17) is 20.8 Å². The quantitative estimate of drug-likeness (QED) is 0.280. The fourth-order valence-corrected chi connectivity index (χ4v) is 3.54. The van der Waals surface area contributed by atoms with Crippen LogP contribution in [0.2, 0.25) is 5.02 Å². The van der Waals surface area contributed by atoms with Gasteiger partial charge in [0.15, 0.2) is 5.76 Å². The van der Waals surface area contributed by atoms with Crippen LogP contribution in [0.4, 0.5) is 5.69 Å². The first-order chi connectivity index (χ1) is 15.5. The number of hydrogen-bond acceptors (Lipinski definition) is 4. The topological polar surface area (TPSA) is 68.5 Å². The number of ether oxygens (including phenoxy) is 1. The Labute approximate surface area is 190 Å². The molecule has 3 aromatic carbocycles. The van der Waals surface area contributed by atoms with E-state index in [0.717, 1.165) is 11.1 Å². The molecule has 0 radical (unpaired) electrons. The molecule has 160 valence electrons. The van der Waals surface area contributed by atoms with Gasteiger partial charge < -0.3 is 14.5 Å². The molecule has 0 fully saturated rings. The van der Waals surface area contributed by atoms with Crippen LogP contribution >= 0.6 is 11.6 Å². The number of nitrogens with one attached hydrogen (secondary N) is 1. The maximum Gasteiger partial charge on any atom is 0.248 e. The van der Waals surface area contributed by atoms with Crippen molar-refractivity contribution in [1.82, 2.24) is 0 Å². The Kier molecular flexibility index (Phi) is 6.10. The maximum atomic E-state index is 13.2. The predicted molar refractivity (Wildman–Crippen MR) is 126 cm³/mol. The third-order valence-electron chi connectivity index (χ3n) is 4.97. The molecule has 0 aliphatic heterocycles. The first kappa shape index (κ1) is 21.4. The molecule has 0 saturated carbocycles. The number of hydrogen-bond donors (Lipinski definition) is 1. The molecule has 6 heteroatoms.